The molecule has 94 valence electrons. The standard InChI is InChI=1S/C14H26O2/c1-3-4-5-6-7-9-13(15)12-14(16-2)10-8-11-14/h3,13,15H,1,4-12H2,2H3. The van der Waals surface area contributed by atoms with E-state index in [-0.39, 0.29) is 11.7 Å². The molecule has 0 aromatic rings. The van der Waals surface area contributed by atoms with E-state index in [9.17, 15) is 5.11 Å². The number of unbranched alkanes of at least 4 members (excludes halogenated alkanes) is 3. The van der Waals surface area contributed by atoms with Gasteiger partial charge < -0.3 is 9.84 Å². The van der Waals surface area contributed by atoms with E-state index < -0.39 is 0 Å². The summed E-state index contributed by atoms with van der Waals surface area (Å²) < 4.78 is 5.52. The quantitative estimate of drug-likeness (QED) is 0.482. The molecule has 1 aliphatic rings. The summed E-state index contributed by atoms with van der Waals surface area (Å²) in [6.45, 7) is 3.71. The lowest BCUT2D eigenvalue weighted by Gasteiger charge is -2.41. The highest BCUT2D eigenvalue weighted by Crippen LogP contribution is 2.39. The highest BCUT2D eigenvalue weighted by molar-refractivity contribution is 4.91. The summed E-state index contributed by atoms with van der Waals surface area (Å²) in [5.41, 5.74) is 0.0144. The van der Waals surface area contributed by atoms with Gasteiger partial charge in [-0.15, -0.1) is 6.58 Å². The zero-order chi connectivity index (χ0) is 11.9. The molecule has 0 amide bonds. The Morgan fingerprint density at radius 2 is 2.12 bits per heavy atom. The van der Waals surface area contributed by atoms with E-state index in [1.54, 1.807) is 7.11 Å². The highest BCUT2D eigenvalue weighted by Gasteiger charge is 2.38. The molecular weight excluding hydrogens is 200 g/mol. The van der Waals surface area contributed by atoms with Crippen LogP contribution in [0, 0.1) is 0 Å². The smallest absolute Gasteiger partial charge is 0.0703 e. The molecule has 0 aromatic carbocycles. The molecule has 0 aliphatic heterocycles. The van der Waals surface area contributed by atoms with Gasteiger partial charge in [-0.25, -0.2) is 0 Å². The first-order valence-electron chi connectivity index (χ1n) is 6.56. The predicted molar refractivity (Wildman–Crippen MR) is 67.5 cm³/mol. The van der Waals surface area contributed by atoms with Crippen LogP contribution >= 0.6 is 0 Å². The lowest BCUT2D eigenvalue weighted by atomic mass is 9.75. The van der Waals surface area contributed by atoms with E-state index in [0.29, 0.717) is 0 Å². The number of allylic oxidation sites excluding steroid dienone is 1. The van der Waals surface area contributed by atoms with Gasteiger partial charge in [0.25, 0.3) is 0 Å². The van der Waals surface area contributed by atoms with Crippen LogP contribution in [-0.4, -0.2) is 23.9 Å². The van der Waals surface area contributed by atoms with E-state index in [2.05, 4.69) is 6.58 Å². The number of rotatable bonds is 9. The van der Waals surface area contributed by atoms with Crippen molar-refractivity contribution in [2.75, 3.05) is 7.11 Å². The van der Waals surface area contributed by atoms with Crippen LogP contribution in [0.5, 0.6) is 0 Å². The first-order valence-corrected chi connectivity index (χ1v) is 6.56. The Bertz CT molecular complexity index is 191. The van der Waals surface area contributed by atoms with Gasteiger partial charge in [-0.05, 0) is 38.5 Å². The lowest BCUT2D eigenvalue weighted by Crippen LogP contribution is -2.42. The van der Waals surface area contributed by atoms with Crippen LogP contribution < -0.4 is 0 Å². The van der Waals surface area contributed by atoms with Crippen LogP contribution in [-0.2, 0) is 4.74 Å². The minimum Gasteiger partial charge on any atom is -0.393 e. The highest BCUT2D eigenvalue weighted by atomic mass is 16.5. The molecule has 2 heteroatoms. The molecule has 0 heterocycles. The molecule has 1 N–H and O–H groups in total. The summed E-state index contributed by atoms with van der Waals surface area (Å²) in [7, 11) is 1.77. The van der Waals surface area contributed by atoms with Gasteiger partial charge >= 0.3 is 0 Å². The Hall–Kier alpha value is -0.340. The molecule has 1 atom stereocenters. The molecule has 1 aliphatic carbocycles. The van der Waals surface area contributed by atoms with Gasteiger partial charge in [0.05, 0.1) is 11.7 Å². The fourth-order valence-corrected chi connectivity index (χ4v) is 2.44. The summed E-state index contributed by atoms with van der Waals surface area (Å²) >= 11 is 0. The molecule has 1 unspecified atom stereocenters. The summed E-state index contributed by atoms with van der Waals surface area (Å²) in [6, 6.07) is 0. The molecule has 1 rings (SSSR count). The van der Waals surface area contributed by atoms with Crippen LogP contribution in [0.4, 0.5) is 0 Å². The normalized spacial score (nSPS) is 20.1. The molecule has 16 heavy (non-hydrogen) atoms. The second-order valence-electron chi connectivity index (χ2n) is 5.03. The number of hydrogen-bond donors (Lipinski definition) is 1. The molecule has 1 saturated carbocycles. The van der Waals surface area contributed by atoms with E-state index in [0.717, 1.165) is 38.5 Å². The molecule has 0 radical (unpaired) electrons. The van der Waals surface area contributed by atoms with Crippen molar-refractivity contribution in [3.05, 3.63) is 12.7 Å². The molecule has 0 saturated heterocycles. The minimum absolute atomic E-state index is 0.0144. The van der Waals surface area contributed by atoms with E-state index >= 15 is 0 Å². The Morgan fingerprint density at radius 1 is 1.38 bits per heavy atom. The summed E-state index contributed by atoms with van der Waals surface area (Å²) in [4.78, 5) is 0. The monoisotopic (exact) mass is 226 g/mol. The maximum atomic E-state index is 9.94. The largest absolute Gasteiger partial charge is 0.393 e. The minimum atomic E-state index is -0.177. The van der Waals surface area contributed by atoms with Gasteiger partial charge in [0, 0.05) is 13.5 Å². The number of aliphatic hydroxyl groups is 1. The van der Waals surface area contributed by atoms with Gasteiger partial charge in [-0.3, -0.25) is 0 Å². The van der Waals surface area contributed by atoms with Gasteiger partial charge in [-0.1, -0.05) is 18.9 Å². The van der Waals surface area contributed by atoms with Crippen molar-refractivity contribution in [3.63, 3.8) is 0 Å². The number of methoxy groups -OCH3 is 1. The van der Waals surface area contributed by atoms with Crippen molar-refractivity contribution in [2.24, 2.45) is 0 Å². The van der Waals surface area contributed by atoms with Crippen LogP contribution in [0.15, 0.2) is 12.7 Å². The zero-order valence-electron chi connectivity index (χ0n) is 10.6. The second kappa shape index (κ2) is 7.08. The Labute approximate surface area is 99.7 Å². The summed E-state index contributed by atoms with van der Waals surface area (Å²) in [5, 5.41) is 9.94. The first-order chi connectivity index (χ1) is 7.72. The van der Waals surface area contributed by atoms with Crippen LogP contribution in [0.1, 0.15) is 57.8 Å². The molecule has 2 nitrogen and oxygen atoms in total. The van der Waals surface area contributed by atoms with Crippen LogP contribution in [0.2, 0.25) is 0 Å². The van der Waals surface area contributed by atoms with Crippen molar-refractivity contribution in [3.8, 4) is 0 Å². The maximum Gasteiger partial charge on any atom is 0.0703 e. The van der Waals surface area contributed by atoms with E-state index in [4.69, 9.17) is 4.74 Å². The van der Waals surface area contributed by atoms with Gasteiger partial charge in [0.15, 0.2) is 0 Å². The second-order valence-corrected chi connectivity index (χ2v) is 5.03. The lowest BCUT2D eigenvalue weighted by molar-refractivity contribution is -0.100. The van der Waals surface area contributed by atoms with Crippen molar-refractivity contribution in [1.29, 1.82) is 0 Å². The van der Waals surface area contributed by atoms with Crippen LogP contribution in [0.3, 0.4) is 0 Å². The van der Waals surface area contributed by atoms with Crippen molar-refractivity contribution < 1.29 is 9.84 Å². The van der Waals surface area contributed by atoms with Gasteiger partial charge in [0.1, 0.15) is 0 Å². The third-order valence-corrected chi connectivity index (χ3v) is 3.75. The Morgan fingerprint density at radius 3 is 2.62 bits per heavy atom. The van der Waals surface area contributed by atoms with Gasteiger partial charge in [-0.2, -0.15) is 0 Å². The van der Waals surface area contributed by atoms with E-state index in [1.807, 2.05) is 6.08 Å². The SMILES string of the molecule is C=CCCCCCC(O)CC1(OC)CCC1. The summed E-state index contributed by atoms with van der Waals surface area (Å²) in [5.74, 6) is 0. The topological polar surface area (TPSA) is 29.5 Å². The van der Waals surface area contributed by atoms with Crippen molar-refractivity contribution in [1.82, 2.24) is 0 Å². The van der Waals surface area contributed by atoms with Gasteiger partial charge in [0.2, 0.25) is 0 Å². The third kappa shape index (κ3) is 4.26. The molecule has 1 fully saturated rings. The fraction of sp³-hybridized carbons (Fsp3) is 0.857. The zero-order valence-corrected chi connectivity index (χ0v) is 10.6. The Balaban J connectivity index is 2.06. The number of ether oxygens (including phenoxy) is 1. The molecule has 0 spiro atoms. The van der Waals surface area contributed by atoms with Crippen molar-refractivity contribution in [2.45, 2.75) is 69.5 Å². The first kappa shape index (κ1) is 13.7. The predicted octanol–water partition coefficient (Wildman–Crippen LogP) is 3.44. The summed E-state index contributed by atoms with van der Waals surface area (Å²) in [6.07, 6.45) is 11.6. The fourth-order valence-electron chi connectivity index (χ4n) is 2.44. The van der Waals surface area contributed by atoms with Crippen molar-refractivity contribution >= 4 is 0 Å². The third-order valence-electron chi connectivity index (χ3n) is 3.75. The average molecular weight is 226 g/mol. The molecule has 0 bridgehead atoms. The maximum absolute atomic E-state index is 9.94. The Kier molecular flexibility index (Phi) is 6.07. The number of aliphatic hydroxyl groups excluding tert-OH is 1. The molecular formula is C14H26O2. The van der Waals surface area contributed by atoms with Crippen LogP contribution in [0.25, 0.3) is 0 Å². The molecule has 0 aromatic heterocycles. The number of hydrogen-bond acceptors (Lipinski definition) is 2. The average Bonchev–Trinajstić information content (AvgIpc) is 2.23. The van der Waals surface area contributed by atoms with E-state index in [1.165, 1.54) is 19.3 Å².